The molecule has 1 amide bonds. The van der Waals surface area contributed by atoms with Crippen molar-refractivity contribution in [3.63, 3.8) is 0 Å². The van der Waals surface area contributed by atoms with Crippen molar-refractivity contribution in [1.29, 1.82) is 0 Å². The fourth-order valence-corrected chi connectivity index (χ4v) is 1.69. The van der Waals surface area contributed by atoms with Crippen molar-refractivity contribution in [3.8, 4) is 0 Å². The third-order valence-corrected chi connectivity index (χ3v) is 2.85. The van der Waals surface area contributed by atoms with Crippen molar-refractivity contribution >= 4 is 6.09 Å². The Morgan fingerprint density at radius 3 is 2.36 bits per heavy atom. The lowest BCUT2D eigenvalue weighted by Gasteiger charge is -2.22. The monoisotopic (exact) mass is 313 g/mol. The minimum absolute atomic E-state index is 0.114. The van der Waals surface area contributed by atoms with Crippen LogP contribution in [0.1, 0.15) is 53.2 Å². The number of aliphatic hydroxyl groups excluding tert-OH is 2. The summed E-state index contributed by atoms with van der Waals surface area (Å²) in [6, 6.07) is 0. The summed E-state index contributed by atoms with van der Waals surface area (Å²) >= 11 is 0. The smallest absolute Gasteiger partial charge is 0.407 e. The molecule has 0 aromatic carbocycles. The minimum atomic E-state index is -1.15. The average molecular weight is 313 g/mol. The fraction of sp³-hybridized carbons (Fsp3) is 0.733. The molecule has 0 aliphatic rings. The van der Waals surface area contributed by atoms with E-state index in [2.05, 4.69) is 10.4 Å². The summed E-state index contributed by atoms with van der Waals surface area (Å²) in [7, 11) is 0. The van der Waals surface area contributed by atoms with E-state index in [0.29, 0.717) is 5.56 Å². The van der Waals surface area contributed by atoms with Gasteiger partial charge in [-0.1, -0.05) is 0 Å². The van der Waals surface area contributed by atoms with E-state index in [1.54, 1.807) is 31.6 Å². The maximum absolute atomic E-state index is 11.5. The van der Waals surface area contributed by atoms with Crippen LogP contribution in [-0.2, 0) is 10.3 Å². The van der Waals surface area contributed by atoms with Gasteiger partial charge in [-0.2, -0.15) is 5.10 Å². The molecule has 1 aromatic heterocycles. The Hall–Kier alpha value is -1.60. The number of aliphatic hydroxyl groups is 2. The van der Waals surface area contributed by atoms with Crippen LogP contribution < -0.4 is 5.32 Å². The number of hydrogen-bond donors (Lipinski definition) is 3. The first kappa shape index (κ1) is 18.4. The van der Waals surface area contributed by atoms with E-state index in [4.69, 9.17) is 4.74 Å². The highest BCUT2D eigenvalue weighted by atomic mass is 16.6. The first-order chi connectivity index (χ1) is 9.90. The van der Waals surface area contributed by atoms with Crippen molar-refractivity contribution in [2.75, 3.05) is 6.54 Å². The van der Waals surface area contributed by atoms with Crippen molar-refractivity contribution in [2.45, 2.75) is 64.9 Å². The Kier molecular flexibility index (Phi) is 5.59. The summed E-state index contributed by atoms with van der Waals surface area (Å²) in [5.41, 5.74) is -0.326. The summed E-state index contributed by atoms with van der Waals surface area (Å²) in [5.74, 6) is 0. The summed E-state index contributed by atoms with van der Waals surface area (Å²) in [4.78, 5) is 11.5. The van der Waals surface area contributed by atoms with Crippen molar-refractivity contribution in [2.24, 2.45) is 0 Å². The first-order valence-electron chi connectivity index (χ1n) is 7.28. The quantitative estimate of drug-likeness (QED) is 0.784. The normalized spacial score (nSPS) is 15.3. The highest BCUT2D eigenvalue weighted by Crippen LogP contribution is 2.20. The van der Waals surface area contributed by atoms with Gasteiger partial charge in [0.25, 0.3) is 0 Å². The molecule has 0 bridgehead atoms. The number of amides is 1. The van der Waals surface area contributed by atoms with Crippen LogP contribution in [-0.4, -0.2) is 44.3 Å². The third kappa shape index (κ3) is 5.65. The van der Waals surface area contributed by atoms with Gasteiger partial charge in [0.2, 0.25) is 0 Å². The summed E-state index contributed by atoms with van der Waals surface area (Å²) < 4.78 is 6.77. The fourth-order valence-electron chi connectivity index (χ4n) is 1.69. The van der Waals surface area contributed by atoms with Crippen molar-refractivity contribution < 1.29 is 19.7 Å². The zero-order valence-corrected chi connectivity index (χ0v) is 14.1. The van der Waals surface area contributed by atoms with Gasteiger partial charge >= 0.3 is 6.09 Å². The molecular formula is C15H27N3O4. The predicted octanol–water partition coefficient (Wildman–Crippen LogP) is 1.56. The lowest BCUT2D eigenvalue weighted by Crippen LogP contribution is -2.38. The predicted molar refractivity (Wildman–Crippen MR) is 82.4 cm³/mol. The van der Waals surface area contributed by atoms with E-state index in [-0.39, 0.29) is 12.1 Å². The standard InChI is InChI=1S/C15H27N3O4/c1-14(2,3)18-9-10(7-17-18)12(20)11(19)8-16-13(21)22-15(4,5)6/h7,9,11-12,19-20H,8H2,1-6H3,(H,16,21). The largest absolute Gasteiger partial charge is 0.444 e. The van der Waals surface area contributed by atoms with Gasteiger partial charge < -0.3 is 20.3 Å². The highest BCUT2D eigenvalue weighted by molar-refractivity contribution is 5.67. The van der Waals surface area contributed by atoms with E-state index in [1.165, 1.54) is 6.20 Å². The molecular weight excluding hydrogens is 286 g/mol. The van der Waals surface area contributed by atoms with Crippen LogP contribution in [0.2, 0.25) is 0 Å². The zero-order valence-electron chi connectivity index (χ0n) is 14.1. The number of ether oxygens (including phenoxy) is 1. The molecule has 2 unspecified atom stereocenters. The number of carbonyl (C=O) groups is 1. The van der Waals surface area contributed by atoms with Crippen LogP contribution in [0.5, 0.6) is 0 Å². The molecule has 0 saturated carbocycles. The number of alkyl carbamates (subject to hydrolysis) is 1. The van der Waals surface area contributed by atoms with Gasteiger partial charge in [0.1, 0.15) is 17.8 Å². The maximum Gasteiger partial charge on any atom is 0.407 e. The lowest BCUT2D eigenvalue weighted by atomic mass is 10.1. The molecule has 22 heavy (non-hydrogen) atoms. The Bertz CT molecular complexity index is 500. The van der Waals surface area contributed by atoms with Crippen LogP contribution in [0.25, 0.3) is 0 Å². The van der Waals surface area contributed by atoms with Crippen LogP contribution in [0.4, 0.5) is 4.79 Å². The van der Waals surface area contributed by atoms with Gasteiger partial charge in [-0.15, -0.1) is 0 Å². The molecule has 0 radical (unpaired) electrons. The molecule has 2 atom stereocenters. The van der Waals surface area contributed by atoms with Crippen LogP contribution >= 0.6 is 0 Å². The second kappa shape index (κ2) is 6.66. The van der Waals surface area contributed by atoms with Gasteiger partial charge in [0.05, 0.1) is 11.7 Å². The molecule has 0 aliphatic heterocycles. The molecule has 0 saturated heterocycles. The number of nitrogens with one attached hydrogen (secondary N) is 1. The topological polar surface area (TPSA) is 96.6 Å². The number of carbonyl (C=O) groups excluding carboxylic acids is 1. The highest BCUT2D eigenvalue weighted by Gasteiger charge is 2.24. The number of hydrogen-bond acceptors (Lipinski definition) is 5. The zero-order chi connectivity index (χ0) is 17.1. The second-order valence-corrected chi connectivity index (χ2v) is 7.28. The molecule has 1 heterocycles. The number of aromatic nitrogens is 2. The molecule has 1 aromatic rings. The van der Waals surface area contributed by atoms with E-state index in [0.717, 1.165) is 0 Å². The second-order valence-electron chi connectivity index (χ2n) is 7.28. The van der Waals surface area contributed by atoms with Crippen LogP contribution in [0.15, 0.2) is 12.4 Å². The van der Waals surface area contributed by atoms with Gasteiger partial charge in [-0.05, 0) is 41.5 Å². The Labute approximate surface area is 131 Å². The molecule has 126 valence electrons. The summed E-state index contributed by atoms with van der Waals surface area (Å²) in [6.45, 7) is 11.1. The Balaban J connectivity index is 2.57. The van der Waals surface area contributed by atoms with E-state index in [1.807, 2.05) is 20.8 Å². The Morgan fingerprint density at radius 1 is 1.32 bits per heavy atom. The maximum atomic E-state index is 11.5. The SMILES string of the molecule is CC(C)(C)OC(=O)NCC(O)C(O)c1cnn(C(C)(C)C)c1. The van der Waals surface area contributed by atoms with Gasteiger partial charge in [0, 0.05) is 18.3 Å². The van der Waals surface area contributed by atoms with E-state index in [9.17, 15) is 15.0 Å². The molecule has 0 fully saturated rings. The first-order valence-corrected chi connectivity index (χ1v) is 7.28. The Morgan fingerprint density at radius 2 is 1.91 bits per heavy atom. The van der Waals surface area contributed by atoms with Gasteiger partial charge in [0.15, 0.2) is 0 Å². The molecule has 1 rings (SSSR count). The third-order valence-electron chi connectivity index (χ3n) is 2.85. The van der Waals surface area contributed by atoms with E-state index >= 15 is 0 Å². The lowest BCUT2D eigenvalue weighted by molar-refractivity contribution is 0.0128. The van der Waals surface area contributed by atoms with Crippen LogP contribution in [0, 0.1) is 0 Å². The number of nitrogens with zero attached hydrogens (tertiary/aromatic N) is 2. The van der Waals surface area contributed by atoms with Crippen molar-refractivity contribution in [3.05, 3.63) is 18.0 Å². The summed E-state index contributed by atoms with van der Waals surface area (Å²) in [5, 5.41) is 26.7. The average Bonchev–Trinajstić information content (AvgIpc) is 2.82. The van der Waals surface area contributed by atoms with Gasteiger partial charge in [-0.25, -0.2) is 4.79 Å². The van der Waals surface area contributed by atoms with E-state index < -0.39 is 23.9 Å². The molecule has 3 N–H and O–H groups in total. The van der Waals surface area contributed by atoms with Crippen molar-refractivity contribution in [1.82, 2.24) is 15.1 Å². The summed E-state index contributed by atoms with van der Waals surface area (Å²) in [6.07, 6.45) is 0.272. The molecule has 7 nitrogen and oxygen atoms in total. The molecule has 0 spiro atoms. The molecule has 7 heteroatoms. The molecule has 0 aliphatic carbocycles. The minimum Gasteiger partial charge on any atom is -0.444 e. The number of rotatable bonds is 4. The van der Waals surface area contributed by atoms with Crippen LogP contribution in [0.3, 0.4) is 0 Å². The van der Waals surface area contributed by atoms with Gasteiger partial charge in [-0.3, -0.25) is 4.68 Å².